The third-order valence-electron chi connectivity index (χ3n) is 3.93. The molecule has 0 radical (unpaired) electrons. The van der Waals surface area contributed by atoms with Gasteiger partial charge in [-0.1, -0.05) is 6.07 Å². The number of hydrogen-bond donors (Lipinski definition) is 2. The number of hydrogen-bond acceptors (Lipinski definition) is 3. The molecule has 4 nitrogen and oxygen atoms in total. The lowest BCUT2D eigenvalue weighted by atomic mass is 9.95. The van der Waals surface area contributed by atoms with E-state index in [-0.39, 0.29) is 24.0 Å². The Kier molecular flexibility index (Phi) is 2.01. The van der Waals surface area contributed by atoms with Crippen LogP contribution in [0.1, 0.15) is 36.2 Å². The molecule has 2 bridgehead atoms. The van der Waals surface area contributed by atoms with Gasteiger partial charge in [0.1, 0.15) is 5.82 Å². The molecule has 4 rings (SSSR count). The fourth-order valence-corrected chi connectivity index (χ4v) is 3.14. The van der Waals surface area contributed by atoms with Crippen molar-refractivity contribution in [2.75, 3.05) is 0 Å². The summed E-state index contributed by atoms with van der Waals surface area (Å²) in [5.41, 5.74) is 1.71. The van der Waals surface area contributed by atoms with Crippen LogP contribution in [0.2, 0.25) is 0 Å². The van der Waals surface area contributed by atoms with Crippen LogP contribution in [0.5, 0.6) is 11.8 Å². The number of fused-ring (bicyclic) bond motifs is 5. The van der Waals surface area contributed by atoms with Gasteiger partial charge in [0.25, 0.3) is 0 Å². The van der Waals surface area contributed by atoms with E-state index in [9.17, 15) is 14.6 Å². The van der Waals surface area contributed by atoms with Crippen LogP contribution in [0.15, 0.2) is 24.3 Å². The summed E-state index contributed by atoms with van der Waals surface area (Å²) >= 11 is 0. The van der Waals surface area contributed by atoms with Crippen LogP contribution in [0.25, 0.3) is 5.69 Å². The summed E-state index contributed by atoms with van der Waals surface area (Å²) in [5.74, 6) is -0.514. The lowest BCUT2D eigenvalue weighted by Gasteiger charge is -2.10. The topological polar surface area (TPSA) is 54.6 Å². The Hall–Kier alpha value is -2.01. The predicted octanol–water partition coefficient (Wildman–Crippen LogP) is 2.93. The van der Waals surface area contributed by atoms with Crippen LogP contribution in [0.3, 0.4) is 0 Å². The van der Waals surface area contributed by atoms with E-state index in [1.54, 1.807) is 12.1 Å². The fraction of sp³-hybridized carbons (Fsp3) is 0.286. The van der Waals surface area contributed by atoms with E-state index in [0.29, 0.717) is 16.8 Å². The molecule has 0 aliphatic carbocycles. The van der Waals surface area contributed by atoms with Crippen LogP contribution < -0.4 is 0 Å². The smallest absolute Gasteiger partial charge is 0.205 e. The molecular weight excluding hydrogens is 249 g/mol. The molecule has 2 N–H and O–H groups in total. The van der Waals surface area contributed by atoms with E-state index < -0.39 is 5.82 Å². The number of nitrogens with zero attached hydrogens (tertiary/aromatic N) is 1. The van der Waals surface area contributed by atoms with Gasteiger partial charge >= 0.3 is 0 Å². The Morgan fingerprint density at radius 2 is 1.74 bits per heavy atom. The molecular formula is C14H12FNO3. The van der Waals surface area contributed by atoms with Crippen molar-refractivity contribution >= 4 is 0 Å². The van der Waals surface area contributed by atoms with Crippen LogP contribution in [-0.4, -0.2) is 14.8 Å². The number of aromatic nitrogens is 1. The molecule has 1 saturated heterocycles. The molecule has 5 heteroatoms. The Morgan fingerprint density at radius 1 is 1.11 bits per heavy atom. The highest BCUT2D eigenvalue weighted by Crippen LogP contribution is 2.58. The average Bonchev–Trinajstić information content (AvgIpc) is 3.04. The van der Waals surface area contributed by atoms with E-state index in [4.69, 9.17) is 4.74 Å². The van der Waals surface area contributed by atoms with Gasteiger partial charge in [-0.05, 0) is 31.0 Å². The standard InChI is InChI=1S/C14H12FNO3/c15-7-2-1-3-8(6-7)16-13(17)11-9-4-5-10(19-9)12(11)14(16)18/h1-3,6,9-10,17-18H,4-5H2. The largest absolute Gasteiger partial charge is 0.494 e. The van der Waals surface area contributed by atoms with Gasteiger partial charge in [-0.25, -0.2) is 4.39 Å². The molecule has 0 amide bonds. The molecule has 2 unspecified atom stereocenters. The summed E-state index contributed by atoms with van der Waals surface area (Å²) in [5, 5.41) is 20.6. The molecule has 2 aromatic rings. The summed E-state index contributed by atoms with van der Waals surface area (Å²) in [6.07, 6.45) is 1.39. The third kappa shape index (κ3) is 1.30. The highest BCUT2D eigenvalue weighted by atomic mass is 19.1. The zero-order chi connectivity index (χ0) is 13.1. The molecule has 3 heterocycles. The van der Waals surface area contributed by atoms with Gasteiger partial charge in [-0.15, -0.1) is 0 Å². The Morgan fingerprint density at radius 3 is 2.32 bits per heavy atom. The average molecular weight is 261 g/mol. The molecule has 1 fully saturated rings. The van der Waals surface area contributed by atoms with E-state index in [1.165, 1.54) is 16.7 Å². The van der Waals surface area contributed by atoms with Crippen molar-refractivity contribution in [2.45, 2.75) is 25.0 Å². The second-order valence-corrected chi connectivity index (χ2v) is 4.98. The highest BCUT2D eigenvalue weighted by molar-refractivity contribution is 5.57. The Balaban J connectivity index is 1.96. The summed E-state index contributed by atoms with van der Waals surface area (Å²) in [6.45, 7) is 0. The van der Waals surface area contributed by atoms with Gasteiger partial charge in [-0.3, -0.25) is 4.57 Å². The van der Waals surface area contributed by atoms with Crippen LogP contribution >= 0.6 is 0 Å². The van der Waals surface area contributed by atoms with Gasteiger partial charge < -0.3 is 14.9 Å². The van der Waals surface area contributed by atoms with Crippen molar-refractivity contribution in [1.29, 1.82) is 0 Å². The van der Waals surface area contributed by atoms with E-state index >= 15 is 0 Å². The van der Waals surface area contributed by atoms with Crippen molar-refractivity contribution in [1.82, 2.24) is 4.57 Å². The molecule has 2 aliphatic rings. The number of benzene rings is 1. The van der Waals surface area contributed by atoms with Crippen molar-refractivity contribution in [3.05, 3.63) is 41.2 Å². The summed E-state index contributed by atoms with van der Waals surface area (Å²) < 4.78 is 20.2. The van der Waals surface area contributed by atoms with Crippen molar-refractivity contribution < 1.29 is 19.3 Å². The van der Waals surface area contributed by atoms with Gasteiger partial charge in [0.15, 0.2) is 0 Å². The number of ether oxygens (including phenoxy) is 1. The monoisotopic (exact) mass is 261 g/mol. The van der Waals surface area contributed by atoms with Crippen molar-refractivity contribution in [3.63, 3.8) is 0 Å². The van der Waals surface area contributed by atoms with Crippen molar-refractivity contribution in [3.8, 4) is 17.4 Å². The third-order valence-corrected chi connectivity index (χ3v) is 3.93. The highest BCUT2D eigenvalue weighted by Gasteiger charge is 2.45. The quantitative estimate of drug-likeness (QED) is 0.829. The van der Waals surface area contributed by atoms with E-state index in [2.05, 4.69) is 0 Å². The first kappa shape index (κ1) is 10.9. The number of halogens is 1. The van der Waals surface area contributed by atoms with Crippen LogP contribution in [0, 0.1) is 5.82 Å². The molecule has 1 aromatic carbocycles. The van der Waals surface area contributed by atoms with E-state index in [0.717, 1.165) is 12.8 Å². The molecule has 1 aromatic heterocycles. The number of rotatable bonds is 1. The number of aromatic hydroxyl groups is 2. The summed E-state index contributed by atoms with van der Waals surface area (Å²) in [4.78, 5) is 0. The van der Waals surface area contributed by atoms with Gasteiger partial charge in [0, 0.05) is 0 Å². The van der Waals surface area contributed by atoms with Gasteiger partial charge in [0.05, 0.1) is 29.0 Å². The summed E-state index contributed by atoms with van der Waals surface area (Å²) in [6, 6.07) is 5.78. The second kappa shape index (κ2) is 3.51. The summed E-state index contributed by atoms with van der Waals surface area (Å²) in [7, 11) is 0. The maximum Gasteiger partial charge on any atom is 0.205 e. The Bertz CT molecular complexity index is 646. The predicted molar refractivity (Wildman–Crippen MR) is 64.9 cm³/mol. The zero-order valence-corrected chi connectivity index (χ0v) is 10.0. The molecule has 2 atom stereocenters. The normalized spacial score (nSPS) is 23.8. The zero-order valence-electron chi connectivity index (χ0n) is 10.0. The van der Waals surface area contributed by atoms with Gasteiger partial charge in [-0.2, -0.15) is 0 Å². The first-order chi connectivity index (χ1) is 9.16. The fourth-order valence-electron chi connectivity index (χ4n) is 3.14. The second-order valence-electron chi connectivity index (χ2n) is 4.98. The lowest BCUT2D eigenvalue weighted by molar-refractivity contribution is 0.0683. The lowest BCUT2D eigenvalue weighted by Crippen LogP contribution is -1.96. The minimum absolute atomic E-state index is 0.0506. The SMILES string of the molecule is Oc1c2c(c(O)n1-c1cccc(F)c1)C1CCC2O1. The molecule has 19 heavy (non-hydrogen) atoms. The van der Waals surface area contributed by atoms with E-state index in [1.807, 2.05) is 0 Å². The molecule has 0 saturated carbocycles. The molecule has 0 spiro atoms. The molecule has 98 valence electrons. The first-order valence-electron chi connectivity index (χ1n) is 6.24. The van der Waals surface area contributed by atoms with Gasteiger partial charge in [0.2, 0.25) is 11.8 Å². The van der Waals surface area contributed by atoms with Crippen LogP contribution in [-0.2, 0) is 4.74 Å². The molecule has 2 aliphatic heterocycles. The maximum absolute atomic E-state index is 13.3. The Labute approximate surface area is 108 Å². The minimum atomic E-state index is -0.413. The van der Waals surface area contributed by atoms with Crippen molar-refractivity contribution in [2.24, 2.45) is 0 Å². The maximum atomic E-state index is 13.3. The first-order valence-corrected chi connectivity index (χ1v) is 6.24. The van der Waals surface area contributed by atoms with Crippen LogP contribution in [0.4, 0.5) is 4.39 Å². The minimum Gasteiger partial charge on any atom is -0.494 e.